The molecule has 5 nitrogen and oxygen atoms in total. The first kappa shape index (κ1) is 18.3. The van der Waals surface area contributed by atoms with Crippen LogP contribution >= 0.6 is 0 Å². The van der Waals surface area contributed by atoms with Gasteiger partial charge in [-0.15, -0.1) is 0 Å². The summed E-state index contributed by atoms with van der Waals surface area (Å²) in [4.78, 5) is 23.9. The average molecular weight is 343 g/mol. The Labute approximate surface area is 138 Å². The molecule has 0 radical (unpaired) electrons. The summed E-state index contributed by atoms with van der Waals surface area (Å²) in [6.07, 6.45) is -3.98. The van der Waals surface area contributed by atoms with Gasteiger partial charge in [0.05, 0.1) is 30.2 Å². The molecule has 2 unspecified atom stereocenters. The molecule has 1 saturated heterocycles. The molecule has 0 spiro atoms. The van der Waals surface area contributed by atoms with Gasteiger partial charge >= 0.3 is 6.18 Å². The van der Waals surface area contributed by atoms with Gasteiger partial charge < -0.3 is 10.6 Å². The maximum atomic E-state index is 12.6. The van der Waals surface area contributed by atoms with Crippen molar-refractivity contribution >= 4 is 11.8 Å². The number of amides is 2. The number of benzene rings is 1. The Morgan fingerprint density at radius 1 is 1.33 bits per heavy atom. The van der Waals surface area contributed by atoms with Gasteiger partial charge in [0.25, 0.3) is 0 Å². The zero-order chi connectivity index (χ0) is 17.9. The molecule has 0 aromatic heterocycles. The molecule has 8 heteroatoms. The van der Waals surface area contributed by atoms with Gasteiger partial charge in [-0.2, -0.15) is 13.2 Å². The molecular weight excluding hydrogens is 323 g/mol. The summed E-state index contributed by atoms with van der Waals surface area (Å²) in [7, 11) is 0. The predicted molar refractivity (Wildman–Crippen MR) is 81.8 cm³/mol. The van der Waals surface area contributed by atoms with Gasteiger partial charge in [-0.3, -0.25) is 14.9 Å². The fourth-order valence-corrected chi connectivity index (χ4v) is 2.53. The molecule has 2 amide bonds. The Hall–Kier alpha value is -2.09. The van der Waals surface area contributed by atoms with Crippen molar-refractivity contribution in [2.75, 3.05) is 0 Å². The van der Waals surface area contributed by atoms with E-state index in [0.717, 1.165) is 12.1 Å². The van der Waals surface area contributed by atoms with E-state index in [1.165, 1.54) is 12.1 Å². The van der Waals surface area contributed by atoms with Gasteiger partial charge in [0.2, 0.25) is 11.8 Å². The predicted octanol–water partition coefficient (Wildman–Crippen LogP) is 2.10. The number of carbonyl (C=O) groups is 2. The number of hydrogen-bond donors (Lipinski definition) is 3. The molecular formula is C16H20F3N3O2. The number of rotatable bonds is 4. The van der Waals surface area contributed by atoms with E-state index in [0.29, 0.717) is 12.0 Å². The van der Waals surface area contributed by atoms with Gasteiger partial charge in [0.1, 0.15) is 0 Å². The van der Waals surface area contributed by atoms with Crippen molar-refractivity contribution in [2.45, 2.75) is 51.1 Å². The van der Waals surface area contributed by atoms with Gasteiger partial charge in [-0.25, -0.2) is 0 Å². The smallest absolute Gasteiger partial charge is 0.348 e. The highest BCUT2D eigenvalue weighted by atomic mass is 19.4. The van der Waals surface area contributed by atoms with E-state index in [1.54, 1.807) is 6.92 Å². The lowest BCUT2D eigenvalue weighted by Gasteiger charge is -2.31. The lowest BCUT2D eigenvalue weighted by molar-refractivity contribution is -0.137. The molecule has 24 heavy (non-hydrogen) atoms. The fraction of sp³-hybridized carbons (Fsp3) is 0.500. The van der Waals surface area contributed by atoms with Crippen LogP contribution in [0.25, 0.3) is 0 Å². The Balaban J connectivity index is 1.99. The number of halogens is 3. The highest BCUT2D eigenvalue weighted by Crippen LogP contribution is 2.29. The third-order valence-corrected chi connectivity index (χ3v) is 3.95. The zero-order valence-corrected chi connectivity index (χ0v) is 13.4. The molecule has 1 aliphatic heterocycles. The molecule has 2 rings (SSSR count). The van der Waals surface area contributed by atoms with Crippen LogP contribution in [0.15, 0.2) is 24.3 Å². The summed E-state index contributed by atoms with van der Waals surface area (Å²) in [5, 5.41) is 8.47. The third kappa shape index (κ3) is 4.47. The highest BCUT2D eigenvalue weighted by Gasteiger charge is 2.31. The molecule has 3 N–H and O–H groups in total. The lowest BCUT2D eigenvalue weighted by atomic mass is 10.0. The van der Waals surface area contributed by atoms with Crippen molar-refractivity contribution in [3.63, 3.8) is 0 Å². The van der Waals surface area contributed by atoms with Crippen molar-refractivity contribution in [1.82, 2.24) is 16.0 Å². The van der Waals surface area contributed by atoms with Crippen LogP contribution in [-0.4, -0.2) is 24.0 Å². The van der Waals surface area contributed by atoms with Crippen LogP contribution in [0.1, 0.15) is 43.9 Å². The summed E-state index contributed by atoms with van der Waals surface area (Å²) < 4.78 is 37.7. The van der Waals surface area contributed by atoms with Crippen molar-refractivity contribution in [3.05, 3.63) is 35.4 Å². The molecule has 0 saturated carbocycles. The van der Waals surface area contributed by atoms with Gasteiger partial charge in [0.15, 0.2) is 0 Å². The molecule has 1 aliphatic rings. The minimum Gasteiger partial charge on any atom is -0.348 e. The third-order valence-electron chi connectivity index (χ3n) is 3.95. The summed E-state index contributed by atoms with van der Waals surface area (Å²) in [5.74, 6) is -0.557. The second-order valence-electron chi connectivity index (χ2n) is 5.80. The normalized spacial score (nSPS) is 22.6. The van der Waals surface area contributed by atoms with Gasteiger partial charge in [-0.05, 0) is 31.0 Å². The fourth-order valence-electron chi connectivity index (χ4n) is 2.53. The van der Waals surface area contributed by atoms with E-state index in [-0.39, 0.29) is 24.4 Å². The van der Waals surface area contributed by atoms with E-state index < -0.39 is 23.8 Å². The average Bonchev–Trinajstić information content (AvgIpc) is 2.53. The lowest BCUT2D eigenvalue weighted by Crippen LogP contribution is -2.60. The second kappa shape index (κ2) is 7.21. The monoisotopic (exact) mass is 343 g/mol. The van der Waals surface area contributed by atoms with Crippen LogP contribution in [0.3, 0.4) is 0 Å². The van der Waals surface area contributed by atoms with E-state index in [1.807, 2.05) is 6.92 Å². The number of hydrogen-bond acceptors (Lipinski definition) is 3. The Bertz CT molecular complexity index is 602. The van der Waals surface area contributed by atoms with E-state index in [2.05, 4.69) is 16.0 Å². The largest absolute Gasteiger partial charge is 0.416 e. The van der Waals surface area contributed by atoms with Crippen LogP contribution in [0.2, 0.25) is 0 Å². The van der Waals surface area contributed by atoms with Crippen molar-refractivity contribution in [1.29, 1.82) is 0 Å². The summed E-state index contributed by atoms with van der Waals surface area (Å²) >= 11 is 0. The van der Waals surface area contributed by atoms with Crippen LogP contribution in [0, 0.1) is 0 Å². The van der Waals surface area contributed by atoms with E-state index >= 15 is 0 Å². The number of alkyl halides is 3. The maximum absolute atomic E-state index is 12.6. The minimum absolute atomic E-state index is 0.0298. The van der Waals surface area contributed by atoms with Crippen molar-refractivity contribution in [3.8, 4) is 0 Å². The van der Waals surface area contributed by atoms with Crippen LogP contribution in [0.4, 0.5) is 13.2 Å². The zero-order valence-electron chi connectivity index (χ0n) is 13.4. The molecule has 0 bridgehead atoms. The second-order valence-corrected chi connectivity index (χ2v) is 5.80. The van der Waals surface area contributed by atoms with Crippen molar-refractivity contribution in [2.24, 2.45) is 0 Å². The van der Waals surface area contributed by atoms with Gasteiger partial charge in [0, 0.05) is 0 Å². The molecule has 1 fully saturated rings. The Morgan fingerprint density at radius 3 is 2.50 bits per heavy atom. The quantitative estimate of drug-likeness (QED) is 0.784. The SMILES string of the molecule is CCC1NC(=O)CC(C(=O)N[C@@H](C)c2ccc(C(F)(F)F)cc2)N1. The van der Waals surface area contributed by atoms with Crippen molar-refractivity contribution < 1.29 is 22.8 Å². The molecule has 1 aromatic rings. The first-order chi connectivity index (χ1) is 11.2. The Kier molecular flexibility index (Phi) is 5.48. The first-order valence-electron chi connectivity index (χ1n) is 7.73. The topological polar surface area (TPSA) is 70.2 Å². The number of carbonyl (C=O) groups excluding carboxylic acids is 2. The maximum Gasteiger partial charge on any atom is 0.416 e. The summed E-state index contributed by atoms with van der Waals surface area (Å²) in [5.41, 5.74) is -0.176. The number of nitrogens with one attached hydrogen (secondary N) is 3. The molecule has 1 aromatic carbocycles. The first-order valence-corrected chi connectivity index (χ1v) is 7.73. The summed E-state index contributed by atoms with van der Waals surface area (Å²) in [6, 6.07) is 3.52. The Morgan fingerprint density at radius 2 is 1.96 bits per heavy atom. The molecule has 132 valence electrons. The van der Waals surface area contributed by atoms with Crippen LogP contribution < -0.4 is 16.0 Å². The van der Waals surface area contributed by atoms with Crippen LogP contribution in [-0.2, 0) is 15.8 Å². The minimum atomic E-state index is -4.39. The standard InChI is InChI=1S/C16H20F3N3O2/c1-3-13-21-12(8-14(23)22-13)15(24)20-9(2)10-4-6-11(7-5-10)16(17,18)19/h4-7,9,12-13,21H,3,8H2,1-2H3,(H,20,24)(H,22,23)/t9-,12?,13?/m0/s1. The van der Waals surface area contributed by atoms with Crippen LogP contribution in [0.5, 0.6) is 0 Å². The molecule has 1 heterocycles. The molecule has 0 aliphatic carbocycles. The summed E-state index contributed by atoms with van der Waals surface area (Å²) in [6.45, 7) is 3.56. The molecule has 3 atom stereocenters. The van der Waals surface area contributed by atoms with E-state index in [4.69, 9.17) is 0 Å². The van der Waals surface area contributed by atoms with Gasteiger partial charge in [-0.1, -0.05) is 19.1 Å². The highest BCUT2D eigenvalue weighted by molar-refractivity contribution is 5.89. The van der Waals surface area contributed by atoms with E-state index in [9.17, 15) is 22.8 Å².